The SMILES string of the molecule is CS(=O)(=O)Cc1nc2ccccc2n1C[C@H](O)COCc1ccccc1. The van der Waals surface area contributed by atoms with Crippen molar-refractivity contribution in [1.29, 1.82) is 0 Å². The molecule has 0 saturated carbocycles. The summed E-state index contributed by atoms with van der Waals surface area (Å²) in [6.07, 6.45) is 0.408. The van der Waals surface area contributed by atoms with Crippen LogP contribution in [0.4, 0.5) is 0 Å². The Morgan fingerprint density at radius 3 is 2.54 bits per heavy atom. The van der Waals surface area contributed by atoms with Gasteiger partial charge in [0.2, 0.25) is 0 Å². The van der Waals surface area contributed by atoms with Gasteiger partial charge in [0.25, 0.3) is 0 Å². The van der Waals surface area contributed by atoms with Gasteiger partial charge in [-0.2, -0.15) is 0 Å². The van der Waals surface area contributed by atoms with Crippen LogP contribution in [0.25, 0.3) is 11.0 Å². The van der Waals surface area contributed by atoms with E-state index >= 15 is 0 Å². The summed E-state index contributed by atoms with van der Waals surface area (Å²) in [5.41, 5.74) is 2.54. The molecule has 0 aliphatic carbocycles. The molecule has 0 saturated heterocycles. The number of nitrogens with zero attached hydrogens (tertiary/aromatic N) is 2. The van der Waals surface area contributed by atoms with Crippen LogP contribution in [0.3, 0.4) is 0 Å². The highest BCUT2D eigenvalue weighted by atomic mass is 32.2. The predicted molar refractivity (Wildman–Crippen MR) is 100 cm³/mol. The molecule has 0 amide bonds. The smallest absolute Gasteiger partial charge is 0.154 e. The first-order chi connectivity index (χ1) is 12.4. The standard InChI is InChI=1S/C19H22N2O4S/c1-26(23,24)14-19-20-17-9-5-6-10-18(17)21(19)11-16(22)13-25-12-15-7-3-2-4-8-15/h2-10,16,22H,11-14H2,1H3/t16-/m0/s1. The molecule has 0 unspecified atom stereocenters. The summed E-state index contributed by atoms with van der Waals surface area (Å²) < 4.78 is 30.7. The van der Waals surface area contributed by atoms with E-state index < -0.39 is 15.9 Å². The summed E-state index contributed by atoms with van der Waals surface area (Å²) in [5.74, 6) is 0.259. The highest BCUT2D eigenvalue weighted by molar-refractivity contribution is 7.89. The Morgan fingerprint density at radius 2 is 1.81 bits per heavy atom. The minimum atomic E-state index is -3.23. The Labute approximate surface area is 153 Å². The summed E-state index contributed by atoms with van der Waals surface area (Å²) in [4.78, 5) is 4.41. The maximum atomic E-state index is 11.7. The fourth-order valence-electron chi connectivity index (χ4n) is 2.82. The molecule has 3 aromatic rings. The lowest BCUT2D eigenvalue weighted by molar-refractivity contribution is 0.0206. The molecule has 26 heavy (non-hydrogen) atoms. The van der Waals surface area contributed by atoms with Gasteiger partial charge in [-0.15, -0.1) is 0 Å². The van der Waals surface area contributed by atoms with Gasteiger partial charge in [-0.05, 0) is 17.7 Å². The molecular weight excluding hydrogens is 352 g/mol. The van der Waals surface area contributed by atoms with E-state index in [2.05, 4.69) is 4.98 Å². The topological polar surface area (TPSA) is 81.4 Å². The van der Waals surface area contributed by atoms with Gasteiger partial charge in [0.1, 0.15) is 11.6 Å². The number of aliphatic hydroxyl groups excluding tert-OH is 1. The van der Waals surface area contributed by atoms with Gasteiger partial charge in [-0.3, -0.25) is 0 Å². The third-order valence-corrected chi connectivity index (χ3v) is 4.72. The second-order valence-electron chi connectivity index (χ2n) is 6.35. The molecule has 2 aromatic carbocycles. The van der Waals surface area contributed by atoms with E-state index in [1.807, 2.05) is 54.6 Å². The van der Waals surface area contributed by atoms with Crippen molar-refractivity contribution in [3.05, 3.63) is 66.0 Å². The first-order valence-corrected chi connectivity index (χ1v) is 10.4. The number of rotatable bonds is 8. The average Bonchev–Trinajstić information content (AvgIpc) is 2.91. The zero-order valence-corrected chi connectivity index (χ0v) is 15.4. The number of fused-ring (bicyclic) bond motifs is 1. The van der Waals surface area contributed by atoms with Crippen LogP contribution in [0.1, 0.15) is 11.4 Å². The molecule has 7 heteroatoms. The Hall–Kier alpha value is -2.22. The molecule has 0 radical (unpaired) electrons. The normalized spacial score (nSPS) is 13.2. The molecule has 6 nitrogen and oxygen atoms in total. The van der Waals surface area contributed by atoms with Gasteiger partial charge in [0.05, 0.1) is 36.9 Å². The zero-order chi connectivity index (χ0) is 18.6. The molecule has 3 rings (SSSR count). The highest BCUT2D eigenvalue weighted by Gasteiger charge is 2.17. The third-order valence-electron chi connectivity index (χ3n) is 3.94. The molecule has 0 spiro atoms. The number of benzene rings is 2. The van der Waals surface area contributed by atoms with Crippen LogP contribution in [0.2, 0.25) is 0 Å². The Bertz CT molecular complexity index is 968. The molecule has 1 atom stereocenters. The number of imidazole rings is 1. The van der Waals surface area contributed by atoms with Gasteiger partial charge in [-0.1, -0.05) is 42.5 Å². The minimum Gasteiger partial charge on any atom is -0.389 e. The van der Waals surface area contributed by atoms with Crippen molar-refractivity contribution < 1.29 is 18.3 Å². The fourth-order valence-corrected chi connectivity index (χ4v) is 3.51. The van der Waals surface area contributed by atoms with Gasteiger partial charge in [-0.25, -0.2) is 13.4 Å². The molecule has 1 aromatic heterocycles. The second kappa shape index (κ2) is 7.99. The molecule has 1 N–H and O–H groups in total. The van der Waals surface area contributed by atoms with Gasteiger partial charge in [0.15, 0.2) is 9.84 Å². The first-order valence-electron chi connectivity index (χ1n) is 8.34. The summed E-state index contributed by atoms with van der Waals surface area (Å²) in [6.45, 7) is 0.790. The molecular formula is C19H22N2O4S. The molecule has 0 fully saturated rings. The Morgan fingerprint density at radius 1 is 1.12 bits per heavy atom. The van der Waals surface area contributed by atoms with Gasteiger partial charge in [0, 0.05) is 6.26 Å². The lowest BCUT2D eigenvalue weighted by atomic mass is 10.2. The number of aromatic nitrogens is 2. The monoisotopic (exact) mass is 374 g/mol. The number of hydrogen-bond acceptors (Lipinski definition) is 5. The van der Waals surface area contributed by atoms with Gasteiger partial charge < -0.3 is 14.4 Å². The number of hydrogen-bond donors (Lipinski definition) is 1. The first kappa shape index (κ1) is 18.6. The van der Waals surface area contributed by atoms with Crippen molar-refractivity contribution in [1.82, 2.24) is 9.55 Å². The maximum Gasteiger partial charge on any atom is 0.154 e. The van der Waals surface area contributed by atoms with E-state index in [0.717, 1.165) is 11.1 Å². The average molecular weight is 374 g/mol. The maximum absolute atomic E-state index is 11.7. The van der Waals surface area contributed by atoms with Crippen LogP contribution in [-0.4, -0.2) is 42.0 Å². The van der Waals surface area contributed by atoms with Crippen LogP contribution >= 0.6 is 0 Å². The largest absolute Gasteiger partial charge is 0.389 e. The predicted octanol–water partition coefficient (Wildman–Crippen LogP) is 2.16. The molecule has 0 aliphatic heterocycles. The van der Waals surface area contributed by atoms with Gasteiger partial charge >= 0.3 is 0 Å². The lowest BCUT2D eigenvalue weighted by Gasteiger charge is -2.15. The Kier molecular flexibility index (Phi) is 5.70. The summed E-state index contributed by atoms with van der Waals surface area (Å²) in [6, 6.07) is 17.1. The summed E-state index contributed by atoms with van der Waals surface area (Å²) in [7, 11) is -3.23. The Balaban J connectivity index is 1.71. The van der Waals surface area contributed by atoms with E-state index in [4.69, 9.17) is 4.74 Å². The number of sulfone groups is 1. The summed E-state index contributed by atoms with van der Waals surface area (Å²) in [5, 5.41) is 10.4. The number of ether oxygens (including phenoxy) is 1. The van der Waals surface area contributed by atoms with E-state index in [0.29, 0.717) is 17.9 Å². The van der Waals surface area contributed by atoms with E-state index in [1.54, 1.807) is 4.57 Å². The fraction of sp³-hybridized carbons (Fsp3) is 0.316. The van der Waals surface area contributed by atoms with E-state index in [9.17, 15) is 13.5 Å². The third kappa shape index (κ3) is 4.91. The van der Waals surface area contributed by atoms with Crippen LogP contribution < -0.4 is 0 Å². The van der Waals surface area contributed by atoms with Crippen LogP contribution in [-0.2, 0) is 33.5 Å². The van der Waals surface area contributed by atoms with Crippen LogP contribution in [0.5, 0.6) is 0 Å². The molecule has 0 bridgehead atoms. The van der Waals surface area contributed by atoms with E-state index in [-0.39, 0.29) is 18.9 Å². The van der Waals surface area contributed by atoms with Crippen molar-refractivity contribution in [2.75, 3.05) is 12.9 Å². The number of aliphatic hydroxyl groups is 1. The molecule has 0 aliphatic rings. The highest BCUT2D eigenvalue weighted by Crippen LogP contribution is 2.18. The molecule has 1 heterocycles. The quantitative estimate of drug-likeness (QED) is 0.653. The minimum absolute atomic E-state index is 0.152. The van der Waals surface area contributed by atoms with E-state index in [1.165, 1.54) is 6.26 Å². The van der Waals surface area contributed by atoms with Crippen LogP contribution in [0, 0.1) is 0 Å². The van der Waals surface area contributed by atoms with Crippen molar-refractivity contribution in [2.45, 2.75) is 25.0 Å². The van der Waals surface area contributed by atoms with Crippen molar-refractivity contribution in [3.8, 4) is 0 Å². The second-order valence-corrected chi connectivity index (χ2v) is 8.49. The summed E-state index contributed by atoms with van der Waals surface area (Å²) >= 11 is 0. The van der Waals surface area contributed by atoms with Crippen molar-refractivity contribution >= 4 is 20.9 Å². The number of para-hydroxylation sites is 2. The lowest BCUT2D eigenvalue weighted by Crippen LogP contribution is -2.23. The zero-order valence-electron chi connectivity index (χ0n) is 14.6. The van der Waals surface area contributed by atoms with Crippen molar-refractivity contribution in [2.24, 2.45) is 0 Å². The van der Waals surface area contributed by atoms with Crippen molar-refractivity contribution in [3.63, 3.8) is 0 Å². The van der Waals surface area contributed by atoms with Crippen LogP contribution in [0.15, 0.2) is 54.6 Å². The molecule has 138 valence electrons.